The second kappa shape index (κ2) is 9.75. The average Bonchev–Trinajstić information content (AvgIpc) is 3.14. The van der Waals surface area contributed by atoms with Gasteiger partial charge in [-0.25, -0.2) is 14.6 Å². The van der Waals surface area contributed by atoms with Gasteiger partial charge in [-0.1, -0.05) is 5.16 Å². The van der Waals surface area contributed by atoms with Gasteiger partial charge in [0.15, 0.2) is 0 Å². The number of piperazine rings is 1. The molecule has 1 saturated heterocycles. The van der Waals surface area contributed by atoms with E-state index in [1.165, 1.54) is 0 Å². The number of nitrogens with zero attached hydrogens (tertiary/aromatic N) is 4. The zero-order chi connectivity index (χ0) is 21.6. The van der Waals surface area contributed by atoms with E-state index in [4.69, 9.17) is 9.47 Å². The molecule has 10 nitrogen and oxygen atoms in total. The van der Waals surface area contributed by atoms with Crippen molar-refractivity contribution in [2.75, 3.05) is 39.3 Å². The summed E-state index contributed by atoms with van der Waals surface area (Å²) >= 11 is 0. The monoisotopic (exact) mass is 419 g/mol. The molecule has 1 fully saturated rings. The molecule has 1 N–H and O–H groups in total. The van der Waals surface area contributed by atoms with Gasteiger partial charge in [-0.2, -0.15) is 0 Å². The summed E-state index contributed by atoms with van der Waals surface area (Å²) in [6.45, 7) is 10.3. The van der Waals surface area contributed by atoms with Crippen LogP contribution in [-0.4, -0.2) is 75.9 Å². The van der Waals surface area contributed by atoms with E-state index in [9.17, 15) is 9.59 Å². The lowest BCUT2D eigenvalue weighted by atomic mass is 10.2. The zero-order valence-electron chi connectivity index (χ0n) is 17.7. The first-order valence-electron chi connectivity index (χ1n) is 10.2. The topological polar surface area (TPSA) is 114 Å². The zero-order valence-corrected chi connectivity index (χ0v) is 17.7. The first-order chi connectivity index (χ1) is 14.3. The standard InChI is InChI=1S/C20H29N5O5/c1-20(2,3)29-19(27)25-11-9-24(10-12-25)8-4-5-13-28-15-6-7-16(21-14-15)17-22-18(26)30-23-17/h6-7,14H,4-5,8-13H2,1-3H3,(H,22,23,26). The molecule has 0 saturated carbocycles. The third kappa shape index (κ3) is 6.58. The minimum atomic E-state index is -0.613. The van der Waals surface area contributed by atoms with E-state index in [0.29, 0.717) is 37.0 Å². The number of hydrogen-bond acceptors (Lipinski definition) is 8. The Morgan fingerprint density at radius 1 is 1.20 bits per heavy atom. The molecule has 0 bridgehead atoms. The van der Waals surface area contributed by atoms with Crippen LogP contribution >= 0.6 is 0 Å². The van der Waals surface area contributed by atoms with Crippen molar-refractivity contribution < 1.29 is 18.8 Å². The number of carbonyl (C=O) groups excluding carboxylic acids is 1. The molecule has 0 aromatic carbocycles. The van der Waals surface area contributed by atoms with Gasteiger partial charge in [-0.15, -0.1) is 0 Å². The Bertz CT molecular complexity index is 863. The molecule has 1 aliphatic rings. The van der Waals surface area contributed by atoms with Crippen molar-refractivity contribution in [2.45, 2.75) is 39.2 Å². The van der Waals surface area contributed by atoms with Crippen LogP contribution in [0, 0.1) is 0 Å². The van der Waals surface area contributed by atoms with E-state index in [-0.39, 0.29) is 6.09 Å². The molecule has 2 aromatic rings. The number of pyridine rings is 1. The highest BCUT2D eigenvalue weighted by atomic mass is 16.6. The highest BCUT2D eigenvalue weighted by Crippen LogP contribution is 2.16. The predicted octanol–water partition coefficient (Wildman–Crippen LogP) is 2.14. The highest BCUT2D eigenvalue weighted by Gasteiger charge is 2.25. The second-order valence-electron chi connectivity index (χ2n) is 8.19. The smallest absolute Gasteiger partial charge is 0.439 e. The molecule has 2 aromatic heterocycles. The van der Waals surface area contributed by atoms with Crippen LogP contribution in [0.3, 0.4) is 0 Å². The number of amides is 1. The molecule has 0 atom stereocenters. The Balaban J connectivity index is 1.30. The average molecular weight is 419 g/mol. The molecule has 0 radical (unpaired) electrons. The molecule has 164 valence electrons. The van der Waals surface area contributed by atoms with E-state index in [1.54, 1.807) is 23.2 Å². The Kier molecular flexibility index (Phi) is 7.09. The molecule has 0 aliphatic carbocycles. The maximum absolute atomic E-state index is 12.1. The van der Waals surface area contributed by atoms with Gasteiger partial charge in [0.1, 0.15) is 17.0 Å². The van der Waals surface area contributed by atoms with Crippen molar-refractivity contribution in [3.8, 4) is 17.3 Å². The number of hydrogen-bond donors (Lipinski definition) is 1. The molecule has 30 heavy (non-hydrogen) atoms. The van der Waals surface area contributed by atoms with Gasteiger partial charge in [-0.3, -0.25) is 14.4 Å². The molecule has 3 heterocycles. The Morgan fingerprint density at radius 2 is 1.97 bits per heavy atom. The van der Waals surface area contributed by atoms with E-state index < -0.39 is 11.4 Å². The lowest BCUT2D eigenvalue weighted by molar-refractivity contribution is 0.0144. The van der Waals surface area contributed by atoms with Gasteiger partial charge in [0, 0.05) is 26.2 Å². The summed E-state index contributed by atoms with van der Waals surface area (Å²) < 4.78 is 15.6. The first kappa shape index (κ1) is 21.8. The molecule has 10 heteroatoms. The molecule has 0 spiro atoms. The van der Waals surface area contributed by atoms with Crippen LogP contribution in [-0.2, 0) is 4.74 Å². The number of aromatic amines is 1. The minimum absolute atomic E-state index is 0.231. The normalized spacial score (nSPS) is 15.2. The van der Waals surface area contributed by atoms with Gasteiger partial charge in [0.05, 0.1) is 12.8 Å². The van der Waals surface area contributed by atoms with Crippen molar-refractivity contribution in [3.05, 3.63) is 28.9 Å². The fourth-order valence-corrected chi connectivity index (χ4v) is 3.05. The van der Waals surface area contributed by atoms with Gasteiger partial charge < -0.3 is 14.4 Å². The lowest BCUT2D eigenvalue weighted by Gasteiger charge is -2.35. The molecular formula is C20H29N5O5. The Morgan fingerprint density at radius 3 is 2.57 bits per heavy atom. The van der Waals surface area contributed by atoms with Gasteiger partial charge in [0.2, 0.25) is 5.82 Å². The maximum Gasteiger partial charge on any atom is 0.439 e. The fraction of sp³-hybridized carbons (Fsp3) is 0.600. The van der Waals surface area contributed by atoms with Crippen molar-refractivity contribution >= 4 is 6.09 Å². The summed E-state index contributed by atoms with van der Waals surface area (Å²) in [6, 6.07) is 3.50. The summed E-state index contributed by atoms with van der Waals surface area (Å²) in [6.07, 6.45) is 3.30. The maximum atomic E-state index is 12.1. The van der Waals surface area contributed by atoms with E-state index in [2.05, 4.69) is 24.5 Å². The van der Waals surface area contributed by atoms with Crippen LogP contribution in [0.25, 0.3) is 11.5 Å². The van der Waals surface area contributed by atoms with E-state index in [0.717, 1.165) is 32.5 Å². The van der Waals surface area contributed by atoms with Crippen LogP contribution in [0.5, 0.6) is 5.75 Å². The minimum Gasteiger partial charge on any atom is -0.492 e. The quantitative estimate of drug-likeness (QED) is 0.679. The van der Waals surface area contributed by atoms with Gasteiger partial charge >= 0.3 is 11.8 Å². The van der Waals surface area contributed by atoms with Crippen molar-refractivity contribution in [1.82, 2.24) is 24.9 Å². The third-order valence-corrected chi connectivity index (χ3v) is 4.58. The summed E-state index contributed by atoms with van der Waals surface area (Å²) in [5, 5.41) is 3.60. The lowest BCUT2D eigenvalue weighted by Crippen LogP contribution is -2.50. The number of ether oxygens (including phenoxy) is 2. The highest BCUT2D eigenvalue weighted by molar-refractivity contribution is 5.68. The van der Waals surface area contributed by atoms with Crippen LogP contribution in [0.1, 0.15) is 33.6 Å². The van der Waals surface area contributed by atoms with Gasteiger partial charge in [-0.05, 0) is 52.3 Å². The number of nitrogens with one attached hydrogen (secondary N) is 1. The molecule has 1 aliphatic heterocycles. The number of rotatable bonds is 7. The van der Waals surface area contributed by atoms with Crippen LogP contribution < -0.4 is 10.5 Å². The summed E-state index contributed by atoms with van der Waals surface area (Å²) in [7, 11) is 0. The Labute approximate surface area is 175 Å². The van der Waals surface area contributed by atoms with Crippen LogP contribution in [0.2, 0.25) is 0 Å². The van der Waals surface area contributed by atoms with Crippen molar-refractivity contribution in [1.29, 1.82) is 0 Å². The molecule has 0 unspecified atom stereocenters. The van der Waals surface area contributed by atoms with Crippen LogP contribution in [0.15, 0.2) is 27.6 Å². The molecule has 1 amide bonds. The predicted molar refractivity (Wildman–Crippen MR) is 109 cm³/mol. The van der Waals surface area contributed by atoms with E-state index >= 15 is 0 Å². The number of carbonyl (C=O) groups is 1. The molecule has 3 rings (SSSR count). The summed E-state index contributed by atoms with van der Waals surface area (Å²) in [4.78, 5) is 33.9. The van der Waals surface area contributed by atoms with E-state index in [1.807, 2.05) is 20.8 Å². The Hall–Kier alpha value is -2.88. The largest absolute Gasteiger partial charge is 0.492 e. The summed E-state index contributed by atoms with van der Waals surface area (Å²) in [5.74, 6) is 0.340. The van der Waals surface area contributed by atoms with Crippen molar-refractivity contribution in [2.24, 2.45) is 0 Å². The van der Waals surface area contributed by atoms with Crippen molar-refractivity contribution in [3.63, 3.8) is 0 Å². The van der Waals surface area contributed by atoms with Crippen LogP contribution in [0.4, 0.5) is 4.79 Å². The molecular weight excluding hydrogens is 390 g/mol. The first-order valence-corrected chi connectivity index (χ1v) is 10.2. The number of unbranched alkanes of at least 4 members (excludes halogenated alkanes) is 1. The second-order valence-corrected chi connectivity index (χ2v) is 8.19. The SMILES string of the molecule is CC(C)(C)OC(=O)N1CCN(CCCCOc2ccc(-c3noc(=O)[nH]3)nc2)CC1. The number of aromatic nitrogens is 3. The fourth-order valence-electron chi connectivity index (χ4n) is 3.05. The third-order valence-electron chi connectivity index (χ3n) is 4.58. The number of H-pyrrole nitrogens is 1. The summed E-state index contributed by atoms with van der Waals surface area (Å²) in [5.41, 5.74) is 0.0535. The van der Waals surface area contributed by atoms with Gasteiger partial charge in [0.25, 0.3) is 0 Å².